The summed E-state index contributed by atoms with van der Waals surface area (Å²) in [5.74, 6) is 0.264. The van der Waals surface area contributed by atoms with Crippen LogP contribution in [0.15, 0.2) is 86.6 Å². The smallest absolute Gasteiger partial charge is 0.410 e. The number of carbonyl (C=O) groups is 2. The van der Waals surface area contributed by atoms with Crippen molar-refractivity contribution in [2.75, 3.05) is 30.4 Å². The van der Waals surface area contributed by atoms with Gasteiger partial charge in [-0.25, -0.2) is 9.79 Å². The van der Waals surface area contributed by atoms with E-state index in [2.05, 4.69) is 16.7 Å². The van der Waals surface area contributed by atoms with Crippen molar-refractivity contribution in [2.24, 2.45) is 4.99 Å². The van der Waals surface area contributed by atoms with Gasteiger partial charge in [-0.05, 0) is 61.5 Å². The first-order chi connectivity index (χ1) is 19.9. The van der Waals surface area contributed by atoms with Crippen molar-refractivity contribution < 1.29 is 14.3 Å². The van der Waals surface area contributed by atoms with Gasteiger partial charge in [0.05, 0.1) is 40.3 Å². The van der Waals surface area contributed by atoms with E-state index < -0.39 is 6.09 Å². The van der Waals surface area contributed by atoms with Crippen LogP contribution in [0.25, 0.3) is 0 Å². The molecular weight excluding hydrogens is 557 g/mol. The number of hydrogen-bond acceptors (Lipinski definition) is 9. The van der Waals surface area contributed by atoms with Crippen LogP contribution in [0.2, 0.25) is 0 Å². The van der Waals surface area contributed by atoms with Gasteiger partial charge in [0.25, 0.3) is 5.91 Å². The standard InChI is InChI=1S/C30H28N6O3S2/c1-4-32-22-13-11-20(17-31)15-23(22)34-29-36(18-19-9-7-6-8-10-19)27(37)26(41-29)28-35(3)24-16-21(12-14-25(24)40-28)39-30(38)33-5-2/h6-16,32H,4-5,18H2,1-3H3,(H,33,38)/b28-26-,34-29+. The number of thioether (sulfide) groups is 2. The number of benzene rings is 3. The molecule has 0 atom stereocenters. The van der Waals surface area contributed by atoms with Gasteiger partial charge in [0.15, 0.2) is 5.17 Å². The Balaban J connectivity index is 1.53. The van der Waals surface area contributed by atoms with Gasteiger partial charge in [-0.1, -0.05) is 42.1 Å². The Kier molecular flexibility index (Phi) is 8.52. The monoisotopic (exact) mass is 584 g/mol. The van der Waals surface area contributed by atoms with Crippen LogP contribution < -0.4 is 20.3 Å². The molecule has 0 radical (unpaired) electrons. The molecular formula is C30H28N6O3S2. The Morgan fingerprint density at radius 2 is 1.85 bits per heavy atom. The number of hydrogen-bond donors (Lipinski definition) is 2. The highest BCUT2D eigenvalue weighted by molar-refractivity contribution is 8.19. The number of anilines is 2. The molecule has 0 saturated carbocycles. The Morgan fingerprint density at radius 3 is 2.59 bits per heavy atom. The predicted octanol–water partition coefficient (Wildman–Crippen LogP) is 6.27. The molecule has 2 heterocycles. The Bertz CT molecular complexity index is 1600. The molecule has 1 saturated heterocycles. The van der Waals surface area contributed by atoms with E-state index in [4.69, 9.17) is 9.73 Å². The second kappa shape index (κ2) is 12.4. The molecule has 2 amide bonds. The first-order valence-electron chi connectivity index (χ1n) is 13.1. The maximum Gasteiger partial charge on any atom is 0.412 e. The van der Waals surface area contributed by atoms with E-state index in [0.717, 1.165) is 26.9 Å². The molecule has 0 spiro atoms. The molecule has 2 aliphatic heterocycles. The molecule has 0 bridgehead atoms. The van der Waals surface area contributed by atoms with Crippen LogP contribution in [0.1, 0.15) is 25.0 Å². The lowest BCUT2D eigenvalue weighted by molar-refractivity contribution is -0.122. The normalized spacial score (nSPS) is 17.0. The molecule has 2 N–H and O–H groups in total. The SMILES string of the molecule is CCNC(=O)Oc1ccc2c(c1)N(C)/C(=C1/S/C(=N/c3cc(C#N)ccc3NCC)N(Cc3ccccc3)C1=O)S2. The minimum absolute atomic E-state index is 0.153. The predicted molar refractivity (Wildman–Crippen MR) is 164 cm³/mol. The maximum absolute atomic E-state index is 14.0. The van der Waals surface area contributed by atoms with Crippen LogP contribution in [0.5, 0.6) is 5.75 Å². The molecule has 208 valence electrons. The van der Waals surface area contributed by atoms with Crippen molar-refractivity contribution in [2.45, 2.75) is 25.3 Å². The van der Waals surface area contributed by atoms with Crippen LogP contribution in [0.3, 0.4) is 0 Å². The number of nitriles is 1. The number of nitrogens with zero attached hydrogens (tertiary/aromatic N) is 4. The maximum atomic E-state index is 14.0. The number of amides is 2. The summed E-state index contributed by atoms with van der Waals surface area (Å²) in [5.41, 5.74) is 3.67. The second-order valence-electron chi connectivity index (χ2n) is 9.09. The van der Waals surface area contributed by atoms with E-state index in [1.807, 2.05) is 68.3 Å². The molecule has 3 aromatic rings. The third-order valence-corrected chi connectivity index (χ3v) is 8.72. The summed E-state index contributed by atoms with van der Waals surface area (Å²) in [6, 6.07) is 22.7. The van der Waals surface area contributed by atoms with E-state index in [1.165, 1.54) is 23.5 Å². The van der Waals surface area contributed by atoms with Crippen molar-refractivity contribution in [3.05, 3.63) is 87.8 Å². The molecule has 41 heavy (non-hydrogen) atoms. The van der Waals surface area contributed by atoms with E-state index in [-0.39, 0.29) is 5.91 Å². The fourth-order valence-electron chi connectivity index (χ4n) is 4.34. The van der Waals surface area contributed by atoms with Crippen molar-refractivity contribution in [1.29, 1.82) is 5.26 Å². The van der Waals surface area contributed by atoms with Crippen molar-refractivity contribution >= 4 is 57.8 Å². The van der Waals surface area contributed by atoms with Crippen molar-refractivity contribution in [1.82, 2.24) is 10.2 Å². The Hall–Kier alpha value is -4.40. The number of aliphatic imine (C=N–C) groups is 1. The molecule has 2 aliphatic rings. The largest absolute Gasteiger partial charge is 0.412 e. The van der Waals surface area contributed by atoms with Gasteiger partial charge in [0, 0.05) is 31.1 Å². The summed E-state index contributed by atoms with van der Waals surface area (Å²) >= 11 is 2.80. The third kappa shape index (κ3) is 6.04. The van der Waals surface area contributed by atoms with Crippen molar-refractivity contribution in [3.8, 4) is 11.8 Å². The topological polar surface area (TPSA) is 110 Å². The molecule has 5 rings (SSSR count). The lowest BCUT2D eigenvalue weighted by Gasteiger charge is -2.17. The number of ether oxygens (including phenoxy) is 1. The van der Waals surface area contributed by atoms with Crippen LogP contribution in [-0.4, -0.2) is 42.2 Å². The van der Waals surface area contributed by atoms with Gasteiger partial charge in [0.2, 0.25) is 0 Å². The number of nitrogens with one attached hydrogen (secondary N) is 2. The highest BCUT2D eigenvalue weighted by Gasteiger charge is 2.39. The lowest BCUT2D eigenvalue weighted by Crippen LogP contribution is -2.29. The summed E-state index contributed by atoms with van der Waals surface area (Å²) < 4.78 is 5.40. The minimum Gasteiger partial charge on any atom is -0.410 e. The van der Waals surface area contributed by atoms with Gasteiger partial charge < -0.3 is 20.3 Å². The highest BCUT2D eigenvalue weighted by atomic mass is 32.2. The van der Waals surface area contributed by atoms with Crippen molar-refractivity contribution in [3.63, 3.8) is 0 Å². The van der Waals surface area contributed by atoms with E-state index >= 15 is 0 Å². The van der Waals surface area contributed by atoms with Gasteiger partial charge in [-0.15, -0.1) is 0 Å². The molecule has 0 aliphatic carbocycles. The first-order valence-corrected chi connectivity index (χ1v) is 14.7. The van der Waals surface area contributed by atoms with Gasteiger partial charge in [-0.2, -0.15) is 5.26 Å². The molecule has 1 fully saturated rings. The zero-order valence-corrected chi connectivity index (χ0v) is 24.4. The number of fused-ring (bicyclic) bond motifs is 1. The summed E-state index contributed by atoms with van der Waals surface area (Å²) in [6.45, 7) is 5.32. The minimum atomic E-state index is -0.518. The third-order valence-electron chi connectivity index (χ3n) is 6.29. The average molecular weight is 585 g/mol. The average Bonchev–Trinajstić information content (AvgIpc) is 3.45. The van der Waals surface area contributed by atoms with Gasteiger partial charge in [-0.3, -0.25) is 9.69 Å². The van der Waals surface area contributed by atoms with Gasteiger partial charge >= 0.3 is 6.09 Å². The Labute approximate surface area is 247 Å². The summed E-state index contributed by atoms with van der Waals surface area (Å²) in [6.07, 6.45) is -0.518. The van der Waals surface area contributed by atoms with Crippen LogP contribution >= 0.6 is 23.5 Å². The fraction of sp³-hybridized carbons (Fsp3) is 0.200. The molecule has 3 aromatic carbocycles. The highest BCUT2D eigenvalue weighted by Crippen LogP contribution is 2.51. The van der Waals surface area contributed by atoms with E-state index in [0.29, 0.717) is 46.7 Å². The molecule has 0 aromatic heterocycles. The van der Waals surface area contributed by atoms with Crippen LogP contribution in [-0.2, 0) is 11.3 Å². The summed E-state index contributed by atoms with van der Waals surface area (Å²) in [5, 5.41) is 16.7. The summed E-state index contributed by atoms with van der Waals surface area (Å²) in [4.78, 5) is 36.0. The molecule has 9 nitrogen and oxygen atoms in total. The zero-order valence-electron chi connectivity index (χ0n) is 22.8. The molecule has 11 heteroatoms. The first kappa shape index (κ1) is 28.1. The molecule has 0 unspecified atom stereocenters. The number of carbonyl (C=O) groups excluding carboxylic acids is 2. The number of rotatable bonds is 7. The van der Waals surface area contributed by atoms with Gasteiger partial charge in [0.1, 0.15) is 10.7 Å². The zero-order chi connectivity index (χ0) is 28.9. The quantitative estimate of drug-likeness (QED) is 0.313. The fourth-order valence-corrected chi connectivity index (χ4v) is 6.65. The lowest BCUT2D eigenvalue weighted by atomic mass is 10.2. The van der Waals surface area contributed by atoms with Crippen LogP contribution in [0.4, 0.5) is 21.9 Å². The second-order valence-corrected chi connectivity index (χ2v) is 11.1. The van der Waals surface area contributed by atoms with Crippen LogP contribution in [0, 0.1) is 11.3 Å². The Morgan fingerprint density at radius 1 is 1.05 bits per heavy atom. The van der Waals surface area contributed by atoms with E-state index in [9.17, 15) is 14.9 Å². The van der Waals surface area contributed by atoms with E-state index in [1.54, 1.807) is 29.2 Å². The summed E-state index contributed by atoms with van der Waals surface area (Å²) in [7, 11) is 1.89. The number of amidine groups is 1.